The summed E-state index contributed by atoms with van der Waals surface area (Å²) in [5.41, 5.74) is 0.849. The van der Waals surface area contributed by atoms with Crippen LogP contribution in [0.2, 0.25) is 0 Å². The minimum atomic E-state index is -0.411. The van der Waals surface area contributed by atoms with E-state index in [1.54, 1.807) is 17.8 Å². The summed E-state index contributed by atoms with van der Waals surface area (Å²) >= 11 is 1.72. The van der Waals surface area contributed by atoms with E-state index in [2.05, 4.69) is 20.8 Å². The SMILES string of the molecule is CC(C)(C)SCC(O)Cc1cccc(F)c1. The molecule has 0 aliphatic rings. The molecule has 0 fully saturated rings. The van der Waals surface area contributed by atoms with Crippen molar-refractivity contribution in [2.75, 3.05) is 5.75 Å². The molecule has 1 unspecified atom stereocenters. The van der Waals surface area contributed by atoms with E-state index < -0.39 is 6.10 Å². The Bertz CT molecular complexity index is 333. The Kier molecular flexibility index (Phi) is 4.81. The molecule has 3 heteroatoms. The Labute approximate surface area is 101 Å². The Morgan fingerprint density at radius 1 is 1.38 bits per heavy atom. The van der Waals surface area contributed by atoms with Gasteiger partial charge >= 0.3 is 0 Å². The summed E-state index contributed by atoms with van der Waals surface area (Å²) in [6.07, 6.45) is 0.104. The van der Waals surface area contributed by atoms with E-state index in [1.807, 2.05) is 6.07 Å². The molecule has 1 aromatic rings. The monoisotopic (exact) mass is 242 g/mol. The van der Waals surface area contributed by atoms with Crippen molar-refractivity contribution in [1.29, 1.82) is 0 Å². The van der Waals surface area contributed by atoms with Gasteiger partial charge in [-0.15, -0.1) is 0 Å². The summed E-state index contributed by atoms with van der Waals surface area (Å²) in [7, 11) is 0. The summed E-state index contributed by atoms with van der Waals surface area (Å²) in [5.74, 6) is 0.438. The molecule has 0 aliphatic heterocycles. The van der Waals surface area contributed by atoms with Crippen LogP contribution < -0.4 is 0 Å². The number of benzene rings is 1. The maximum absolute atomic E-state index is 12.9. The van der Waals surface area contributed by atoms with Crippen LogP contribution in [0.15, 0.2) is 24.3 Å². The highest BCUT2D eigenvalue weighted by atomic mass is 32.2. The molecule has 0 aliphatic carbocycles. The van der Waals surface area contributed by atoms with Gasteiger partial charge < -0.3 is 5.11 Å². The van der Waals surface area contributed by atoms with Crippen LogP contribution in [0, 0.1) is 5.82 Å². The van der Waals surface area contributed by atoms with Gasteiger partial charge in [0, 0.05) is 10.5 Å². The first-order valence-corrected chi connectivity index (χ1v) is 6.42. The van der Waals surface area contributed by atoms with E-state index in [0.29, 0.717) is 12.2 Å². The Balaban J connectivity index is 2.43. The first kappa shape index (κ1) is 13.5. The highest BCUT2D eigenvalue weighted by molar-refractivity contribution is 8.00. The average molecular weight is 242 g/mol. The van der Waals surface area contributed by atoms with Crippen molar-refractivity contribution >= 4 is 11.8 Å². The number of thioether (sulfide) groups is 1. The fourth-order valence-electron chi connectivity index (χ4n) is 1.34. The largest absolute Gasteiger partial charge is 0.392 e. The number of hydrogen-bond donors (Lipinski definition) is 1. The smallest absolute Gasteiger partial charge is 0.123 e. The molecule has 0 bridgehead atoms. The van der Waals surface area contributed by atoms with E-state index >= 15 is 0 Å². The van der Waals surface area contributed by atoms with Gasteiger partial charge in [0.1, 0.15) is 5.82 Å². The predicted octanol–water partition coefficient (Wildman–Crippen LogP) is 3.26. The van der Waals surface area contributed by atoms with Crippen molar-refractivity contribution in [3.05, 3.63) is 35.6 Å². The van der Waals surface area contributed by atoms with Gasteiger partial charge in [0.2, 0.25) is 0 Å². The van der Waals surface area contributed by atoms with Crippen molar-refractivity contribution in [1.82, 2.24) is 0 Å². The molecule has 0 amide bonds. The zero-order valence-electron chi connectivity index (χ0n) is 10.0. The lowest BCUT2D eigenvalue weighted by molar-refractivity contribution is 0.199. The van der Waals surface area contributed by atoms with Gasteiger partial charge in [0.15, 0.2) is 0 Å². The second-order valence-corrected chi connectivity index (χ2v) is 6.76. The van der Waals surface area contributed by atoms with E-state index in [0.717, 1.165) is 5.56 Å². The fourth-order valence-corrected chi connectivity index (χ4v) is 2.15. The number of halogens is 1. The third-order valence-electron chi connectivity index (χ3n) is 2.07. The molecule has 1 rings (SSSR count). The Hall–Kier alpha value is -0.540. The highest BCUT2D eigenvalue weighted by Gasteiger charge is 2.14. The van der Waals surface area contributed by atoms with Crippen LogP contribution in [-0.4, -0.2) is 21.7 Å². The molecular formula is C13H19FOS. The number of aliphatic hydroxyl groups excluding tert-OH is 1. The van der Waals surface area contributed by atoms with E-state index in [1.165, 1.54) is 12.1 Å². The number of aliphatic hydroxyl groups is 1. The quantitative estimate of drug-likeness (QED) is 0.874. The maximum Gasteiger partial charge on any atom is 0.123 e. The summed E-state index contributed by atoms with van der Waals surface area (Å²) in [6, 6.07) is 6.41. The Morgan fingerprint density at radius 3 is 2.62 bits per heavy atom. The van der Waals surface area contributed by atoms with Crippen LogP contribution in [0.3, 0.4) is 0 Å². The summed E-state index contributed by atoms with van der Waals surface area (Å²) in [4.78, 5) is 0. The summed E-state index contributed by atoms with van der Waals surface area (Å²) < 4.78 is 13.1. The van der Waals surface area contributed by atoms with Crippen LogP contribution in [-0.2, 0) is 6.42 Å². The van der Waals surface area contributed by atoms with Gasteiger partial charge in [-0.1, -0.05) is 32.9 Å². The van der Waals surface area contributed by atoms with Gasteiger partial charge in [-0.05, 0) is 24.1 Å². The molecule has 1 nitrogen and oxygen atoms in total. The number of rotatable bonds is 4. The normalized spacial score (nSPS) is 13.8. The fraction of sp³-hybridized carbons (Fsp3) is 0.538. The lowest BCUT2D eigenvalue weighted by atomic mass is 10.1. The lowest BCUT2D eigenvalue weighted by Crippen LogP contribution is -2.18. The zero-order chi connectivity index (χ0) is 12.2. The molecule has 90 valence electrons. The third-order valence-corrected chi connectivity index (χ3v) is 3.49. The van der Waals surface area contributed by atoms with Crippen molar-refractivity contribution in [2.24, 2.45) is 0 Å². The minimum Gasteiger partial charge on any atom is -0.392 e. The molecule has 0 saturated carbocycles. The molecule has 16 heavy (non-hydrogen) atoms. The Morgan fingerprint density at radius 2 is 2.06 bits per heavy atom. The maximum atomic E-state index is 12.9. The van der Waals surface area contributed by atoms with Gasteiger partial charge in [0.25, 0.3) is 0 Å². The summed E-state index contributed by atoms with van der Waals surface area (Å²) in [6.45, 7) is 6.35. The zero-order valence-corrected chi connectivity index (χ0v) is 10.9. The highest BCUT2D eigenvalue weighted by Crippen LogP contribution is 2.24. The third kappa shape index (κ3) is 5.52. The topological polar surface area (TPSA) is 20.2 Å². The van der Waals surface area contributed by atoms with E-state index in [4.69, 9.17) is 0 Å². The average Bonchev–Trinajstić information content (AvgIpc) is 2.14. The van der Waals surface area contributed by atoms with Gasteiger partial charge in [-0.2, -0.15) is 11.8 Å². The minimum absolute atomic E-state index is 0.156. The first-order chi connectivity index (χ1) is 7.37. The lowest BCUT2D eigenvalue weighted by Gasteiger charge is -2.20. The van der Waals surface area contributed by atoms with Crippen molar-refractivity contribution < 1.29 is 9.50 Å². The van der Waals surface area contributed by atoms with Gasteiger partial charge in [0.05, 0.1) is 6.10 Å². The van der Waals surface area contributed by atoms with Crippen LogP contribution in [0.5, 0.6) is 0 Å². The van der Waals surface area contributed by atoms with E-state index in [-0.39, 0.29) is 10.6 Å². The summed E-state index contributed by atoms with van der Waals surface area (Å²) in [5, 5.41) is 9.81. The molecule has 0 radical (unpaired) electrons. The molecule has 1 atom stereocenters. The second kappa shape index (κ2) is 5.69. The molecule has 0 spiro atoms. The van der Waals surface area contributed by atoms with Crippen LogP contribution in [0.1, 0.15) is 26.3 Å². The van der Waals surface area contributed by atoms with Crippen LogP contribution in [0.4, 0.5) is 4.39 Å². The molecular weight excluding hydrogens is 223 g/mol. The van der Waals surface area contributed by atoms with Gasteiger partial charge in [-0.3, -0.25) is 0 Å². The van der Waals surface area contributed by atoms with Crippen molar-refractivity contribution in [2.45, 2.75) is 38.0 Å². The van der Waals surface area contributed by atoms with Gasteiger partial charge in [-0.25, -0.2) is 4.39 Å². The van der Waals surface area contributed by atoms with Crippen molar-refractivity contribution in [3.63, 3.8) is 0 Å². The first-order valence-electron chi connectivity index (χ1n) is 5.43. The van der Waals surface area contributed by atoms with Crippen LogP contribution >= 0.6 is 11.8 Å². The number of hydrogen-bond acceptors (Lipinski definition) is 2. The molecule has 1 aromatic carbocycles. The van der Waals surface area contributed by atoms with E-state index in [9.17, 15) is 9.50 Å². The standard InChI is InChI=1S/C13H19FOS/c1-13(2,3)16-9-12(15)8-10-5-4-6-11(14)7-10/h4-7,12,15H,8-9H2,1-3H3. The van der Waals surface area contributed by atoms with Crippen LogP contribution in [0.25, 0.3) is 0 Å². The molecule has 0 saturated heterocycles. The van der Waals surface area contributed by atoms with Crippen molar-refractivity contribution in [3.8, 4) is 0 Å². The predicted molar refractivity (Wildman–Crippen MR) is 68.3 cm³/mol. The second-order valence-electron chi connectivity index (χ2n) is 4.91. The molecule has 0 aromatic heterocycles. The molecule has 0 heterocycles. The molecule has 1 N–H and O–H groups in total.